The van der Waals surface area contributed by atoms with Gasteiger partial charge in [0.2, 0.25) is 11.8 Å². The molecule has 2 saturated heterocycles. The third-order valence-electron chi connectivity index (χ3n) is 6.82. The molecule has 2 aliphatic rings. The summed E-state index contributed by atoms with van der Waals surface area (Å²) < 4.78 is 10.4. The molecular weight excluding hydrogens is 552 g/mol. The average molecular weight is 591 g/mol. The van der Waals surface area contributed by atoms with Crippen molar-refractivity contribution in [2.24, 2.45) is 0 Å². The van der Waals surface area contributed by atoms with Crippen molar-refractivity contribution in [3.8, 4) is 24.2 Å². The van der Waals surface area contributed by atoms with Crippen molar-refractivity contribution in [2.75, 3.05) is 52.5 Å². The number of rotatable bonds is 13. The van der Waals surface area contributed by atoms with Gasteiger partial charge in [0.25, 0.3) is 0 Å². The van der Waals surface area contributed by atoms with Crippen LogP contribution in [0.3, 0.4) is 0 Å². The lowest BCUT2D eigenvalue weighted by Crippen LogP contribution is -2.76. The van der Waals surface area contributed by atoms with Crippen LogP contribution in [0, 0.1) is 24.2 Å². The lowest BCUT2D eigenvalue weighted by atomic mass is 10.0. The van der Waals surface area contributed by atoms with E-state index in [9.17, 15) is 19.2 Å². The topological polar surface area (TPSA) is 124 Å². The highest BCUT2D eigenvalue weighted by Crippen LogP contribution is 2.28. The molecule has 2 atom stereocenters. The maximum absolute atomic E-state index is 13.7. The van der Waals surface area contributed by atoms with E-state index >= 15 is 0 Å². The van der Waals surface area contributed by atoms with Crippen LogP contribution >= 0.6 is 0 Å². The first-order chi connectivity index (χ1) is 20.9. The Morgan fingerprint density at radius 1 is 1.21 bits per heavy atom. The molecule has 3 rings (SSSR count). The number of carbonyl (C=O) groups excluding carboxylic acids is 4. The molecule has 0 unspecified atom stereocenters. The van der Waals surface area contributed by atoms with E-state index in [0.29, 0.717) is 6.42 Å². The number of hydrogen-bond donors (Lipinski definition) is 2. The minimum atomic E-state index is -0.857. The second-order valence-electron chi connectivity index (χ2n) is 9.65. The zero-order valence-corrected chi connectivity index (χ0v) is 24.4. The van der Waals surface area contributed by atoms with Crippen LogP contribution < -0.4 is 10.6 Å². The predicted octanol–water partition coefficient (Wildman–Crippen LogP) is 1.31. The first-order valence-corrected chi connectivity index (χ1v) is 14.0. The van der Waals surface area contributed by atoms with Gasteiger partial charge in [-0.15, -0.1) is 18.1 Å². The molecule has 0 aliphatic carbocycles. The normalized spacial score (nSPS) is 18.0. The molecule has 1 aromatic carbocycles. The first-order valence-electron chi connectivity index (χ1n) is 14.0. The monoisotopic (exact) mass is 590 g/mol. The van der Waals surface area contributed by atoms with E-state index < -0.39 is 24.3 Å². The summed E-state index contributed by atoms with van der Waals surface area (Å²) >= 11 is 0. The van der Waals surface area contributed by atoms with Crippen molar-refractivity contribution in [3.05, 3.63) is 54.3 Å². The van der Waals surface area contributed by atoms with Gasteiger partial charge in [-0.2, -0.15) is 5.01 Å². The number of hydrogen-bond acceptors (Lipinski definition) is 7. The zero-order chi connectivity index (χ0) is 31.0. The predicted molar refractivity (Wildman–Crippen MR) is 158 cm³/mol. The second kappa shape index (κ2) is 17.3. The van der Waals surface area contributed by atoms with Crippen LogP contribution in [0.4, 0.5) is 9.59 Å². The molecule has 2 heterocycles. The fourth-order valence-corrected chi connectivity index (χ4v) is 4.85. The summed E-state index contributed by atoms with van der Waals surface area (Å²) in [5.41, 5.74) is 3.43. The molecule has 1 aromatic rings. The van der Waals surface area contributed by atoms with Gasteiger partial charge in [-0.3, -0.25) is 9.59 Å². The minimum Gasteiger partial charge on any atom is -0.445 e. The molecule has 5 amide bonds. The summed E-state index contributed by atoms with van der Waals surface area (Å²) in [6.45, 7) is 6.27. The average Bonchev–Trinajstić information content (AvgIpc) is 3.01. The van der Waals surface area contributed by atoms with Crippen molar-refractivity contribution in [1.82, 2.24) is 30.5 Å². The molecule has 228 valence electrons. The maximum Gasteiger partial charge on any atom is 0.407 e. The largest absolute Gasteiger partial charge is 0.445 e. The second-order valence-corrected chi connectivity index (χ2v) is 9.65. The SMILES string of the molecule is C#CCOCCN1C[C@H]2N(C(=O)CN(CC#CC)N2C(=O)NCc2ccccc2)[C@@H](CCCNC(=O)OCC=C=C)C1=O. The maximum atomic E-state index is 13.7. The molecular formula is C31H38N6O6. The van der Waals surface area contributed by atoms with Crippen molar-refractivity contribution in [3.63, 3.8) is 0 Å². The number of ether oxygens (including phenoxy) is 2. The van der Waals surface area contributed by atoms with Crippen LogP contribution in [0.1, 0.15) is 25.3 Å². The third-order valence-corrected chi connectivity index (χ3v) is 6.82. The number of nitrogens with zero attached hydrogens (tertiary/aromatic N) is 4. The number of fused-ring (bicyclic) bond motifs is 1. The van der Waals surface area contributed by atoms with Crippen LogP contribution in [-0.4, -0.2) is 109 Å². The summed E-state index contributed by atoms with van der Waals surface area (Å²) in [4.78, 5) is 55.9. The molecule has 0 saturated carbocycles. The summed E-state index contributed by atoms with van der Waals surface area (Å²) in [6.07, 6.45) is 6.00. The number of nitrogens with one attached hydrogen (secondary N) is 2. The first kappa shape index (κ1) is 32.8. The van der Waals surface area contributed by atoms with Crippen LogP contribution in [0.15, 0.2) is 48.7 Å². The summed E-state index contributed by atoms with van der Waals surface area (Å²) in [6, 6.07) is 8.19. The molecule has 0 aromatic heterocycles. The van der Waals surface area contributed by atoms with Crippen molar-refractivity contribution < 1.29 is 28.7 Å². The quantitative estimate of drug-likeness (QED) is 0.202. The molecule has 0 spiro atoms. The molecule has 2 fully saturated rings. The Morgan fingerprint density at radius 2 is 2.00 bits per heavy atom. The Morgan fingerprint density at radius 3 is 2.72 bits per heavy atom. The lowest BCUT2D eigenvalue weighted by Gasteiger charge is -2.55. The van der Waals surface area contributed by atoms with Gasteiger partial charge in [0.05, 0.1) is 26.2 Å². The number of benzene rings is 1. The highest BCUT2D eigenvalue weighted by Gasteiger charge is 2.51. The van der Waals surface area contributed by atoms with Crippen LogP contribution in [-0.2, 0) is 25.6 Å². The Hall–Kier alpha value is -4.74. The summed E-state index contributed by atoms with van der Waals surface area (Å²) in [5.74, 6) is 7.61. The lowest BCUT2D eigenvalue weighted by molar-refractivity contribution is -0.189. The van der Waals surface area contributed by atoms with Crippen LogP contribution in [0.25, 0.3) is 0 Å². The van der Waals surface area contributed by atoms with E-state index in [2.05, 4.69) is 40.7 Å². The molecule has 2 aliphatic heterocycles. The Balaban J connectivity index is 1.82. The highest BCUT2D eigenvalue weighted by atomic mass is 16.5. The number of carbonyl (C=O) groups is 4. The summed E-state index contributed by atoms with van der Waals surface area (Å²) in [5, 5.41) is 8.68. The van der Waals surface area contributed by atoms with Gasteiger partial charge >= 0.3 is 12.1 Å². The Bertz CT molecular complexity index is 1280. The molecule has 2 N–H and O–H groups in total. The number of urea groups is 1. The number of hydrazine groups is 1. The van der Waals surface area contributed by atoms with E-state index in [-0.39, 0.29) is 77.3 Å². The summed E-state index contributed by atoms with van der Waals surface area (Å²) in [7, 11) is 0. The van der Waals surface area contributed by atoms with Crippen molar-refractivity contribution in [1.29, 1.82) is 0 Å². The molecule has 12 nitrogen and oxygen atoms in total. The highest BCUT2D eigenvalue weighted by molar-refractivity contribution is 5.91. The van der Waals surface area contributed by atoms with E-state index in [1.165, 1.54) is 16.0 Å². The molecule has 43 heavy (non-hydrogen) atoms. The third kappa shape index (κ3) is 9.38. The number of alkyl carbamates (subject to hydrolysis) is 1. The van der Waals surface area contributed by atoms with Gasteiger partial charge in [-0.05, 0) is 31.4 Å². The smallest absolute Gasteiger partial charge is 0.407 e. The molecule has 12 heteroatoms. The number of amides is 5. The van der Waals surface area contributed by atoms with Crippen molar-refractivity contribution >= 4 is 23.9 Å². The zero-order valence-electron chi connectivity index (χ0n) is 24.4. The number of piperazine rings is 1. The Labute approximate surface area is 252 Å². The standard InChI is InChI=1S/C31H38N6O6/c1-4-7-17-35-24-28(38)36-26(15-12-16-32-31(41)43-20-8-5-2)29(39)34(18-21-42-19-6-3)23-27(36)37(35)30(40)33-22-25-13-10-9-11-14-25/h3,8-11,13-14,26-27H,2,12,15-24H2,1H3,(H,32,41)(H,33,40)/t26-,27-/m0/s1. The van der Waals surface area contributed by atoms with Crippen LogP contribution in [0.5, 0.6) is 0 Å². The van der Waals surface area contributed by atoms with Gasteiger partial charge in [0.1, 0.15) is 25.4 Å². The number of terminal acetylenes is 1. The fourth-order valence-electron chi connectivity index (χ4n) is 4.85. The van der Waals surface area contributed by atoms with Gasteiger partial charge in [0.15, 0.2) is 0 Å². The van der Waals surface area contributed by atoms with Crippen LogP contribution in [0.2, 0.25) is 0 Å². The van der Waals surface area contributed by atoms with Gasteiger partial charge in [-0.25, -0.2) is 14.6 Å². The Kier molecular flexibility index (Phi) is 13.2. The fraction of sp³-hybridized carbons (Fsp3) is 0.452. The van der Waals surface area contributed by atoms with E-state index in [0.717, 1.165) is 5.56 Å². The van der Waals surface area contributed by atoms with E-state index in [1.54, 1.807) is 16.8 Å². The van der Waals surface area contributed by atoms with E-state index in [4.69, 9.17) is 15.9 Å². The van der Waals surface area contributed by atoms with Gasteiger partial charge < -0.3 is 29.9 Å². The van der Waals surface area contributed by atoms with E-state index in [1.807, 2.05) is 30.3 Å². The minimum absolute atomic E-state index is 0.0399. The molecule has 0 bridgehead atoms. The van der Waals surface area contributed by atoms with Gasteiger partial charge in [0, 0.05) is 19.6 Å². The molecule has 0 radical (unpaired) electrons. The van der Waals surface area contributed by atoms with Crippen molar-refractivity contribution in [2.45, 2.75) is 38.5 Å². The van der Waals surface area contributed by atoms with Gasteiger partial charge in [-0.1, -0.05) is 48.8 Å².